The number of quaternary nitrogens is 1. The minimum atomic E-state index is -1.26. The monoisotopic (exact) mass is 264 g/mol. The quantitative estimate of drug-likeness (QED) is 0.445. The molecule has 0 fully saturated rings. The van der Waals surface area contributed by atoms with Gasteiger partial charge in [-0.2, -0.15) is 0 Å². The molecule has 0 heterocycles. The Morgan fingerprint density at radius 3 is 1.13 bits per heavy atom. The summed E-state index contributed by atoms with van der Waals surface area (Å²) in [6.07, 6.45) is 0. The second-order valence-electron chi connectivity index (χ2n) is 2.33. The molecule has 15 heavy (non-hydrogen) atoms. The van der Waals surface area contributed by atoms with E-state index in [1.807, 2.05) is 0 Å². The average Bonchev–Trinajstić information content (AvgIpc) is 1.80. The number of carboxylic acids is 3. The fourth-order valence-corrected chi connectivity index (χ4v) is 0.742. The minimum Gasteiger partial charge on any atom is -0.480 e. The molecule has 0 spiro atoms. The summed E-state index contributed by atoms with van der Waals surface area (Å²) in [5.41, 5.74) is 0. The molecule has 0 rings (SSSR count). The summed E-state index contributed by atoms with van der Waals surface area (Å²) in [5, 5.41) is 24.8. The first-order valence-corrected chi connectivity index (χ1v) is 3.29. The molecule has 0 aromatic carbocycles. The summed E-state index contributed by atoms with van der Waals surface area (Å²) in [6.45, 7) is -1.80. The topological polar surface area (TPSA) is 152 Å². The van der Waals surface area contributed by atoms with Crippen LogP contribution >= 0.6 is 0 Å². The van der Waals surface area contributed by atoms with E-state index in [0.717, 1.165) is 4.90 Å². The van der Waals surface area contributed by atoms with Crippen LogP contribution in [0.5, 0.6) is 0 Å². The van der Waals surface area contributed by atoms with Crippen molar-refractivity contribution in [3.8, 4) is 0 Å². The molecule has 0 aromatic heterocycles. The third-order valence-corrected chi connectivity index (χ3v) is 1.08. The SMILES string of the molecule is O=C(O)CN(CC(=O)O)CC(=O)O.[Mn].[NH4+]. The van der Waals surface area contributed by atoms with Crippen molar-refractivity contribution in [3.63, 3.8) is 0 Å². The van der Waals surface area contributed by atoms with Crippen LogP contribution in [0, 0.1) is 0 Å². The molecular weight excluding hydrogens is 251 g/mol. The molecule has 0 aromatic rings. The van der Waals surface area contributed by atoms with E-state index in [4.69, 9.17) is 15.3 Å². The molecule has 0 saturated carbocycles. The standard InChI is InChI=1S/C6H9NO6.Mn.H3N/c8-4(9)1-7(2-5(10)11)3-6(12)13;;/h1-3H2,(H,8,9)(H,10,11)(H,12,13);;1H3/p+1. The third kappa shape index (κ3) is 12.8. The summed E-state index contributed by atoms with van der Waals surface area (Å²) < 4.78 is 0. The Hall–Kier alpha value is -1.15. The van der Waals surface area contributed by atoms with Crippen molar-refractivity contribution in [2.24, 2.45) is 0 Å². The van der Waals surface area contributed by atoms with Crippen LogP contribution in [0.4, 0.5) is 0 Å². The van der Waals surface area contributed by atoms with E-state index in [1.165, 1.54) is 0 Å². The molecule has 7 N–H and O–H groups in total. The second kappa shape index (κ2) is 9.41. The van der Waals surface area contributed by atoms with Gasteiger partial charge in [-0.1, -0.05) is 0 Å². The maximum Gasteiger partial charge on any atom is 0.317 e. The van der Waals surface area contributed by atoms with Crippen LogP contribution in [-0.4, -0.2) is 57.8 Å². The van der Waals surface area contributed by atoms with Crippen molar-refractivity contribution in [1.82, 2.24) is 11.1 Å². The van der Waals surface area contributed by atoms with Gasteiger partial charge in [0.05, 0.1) is 19.6 Å². The predicted octanol–water partition coefficient (Wildman–Crippen LogP) is -1.08. The number of rotatable bonds is 6. The van der Waals surface area contributed by atoms with Crippen LogP contribution in [0.2, 0.25) is 0 Å². The van der Waals surface area contributed by atoms with E-state index in [1.54, 1.807) is 0 Å². The summed E-state index contributed by atoms with van der Waals surface area (Å²) in [4.78, 5) is 31.2. The Morgan fingerprint density at radius 1 is 0.800 bits per heavy atom. The fraction of sp³-hybridized carbons (Fsp3) is 0.500. The largest absolute Gasteiger partial charge is 0.480 e. The molecule has 0 bridgehead atoms. The molecule has 0 unspecified atom stereocenters. The summed E-state index contributed by atoms with van der Waals surface area (Å²) in [5.74, 6) is -3.78. The van der Waals surface area contributed by atoms with Gasteiger partial charge in [0.2, 0.25) is 0 Å². The van der Waals surface area contributed by atoms with Crippen molar-refractivity contribution in [1.29, 1.82) is 0 Å². The van der Waals surface area contributed by atoms with Gasteiger partial charge in [-0.05, 0) is 0 Å². The van der Waals surface area contributed by atoms with Crippen LogP contribution in [-0.2, 0) is 31.5 Å². The normalized spacial score (nSPS) is 8.60. The van der Waals surface area contributed by atoms with Crippen molar-refractivity contribution in [3.05, 3.63) is 0 Å². The van der Waals surface area contributed by atoms with Crippen LogP contribution in [0.15, 0.2) is 0 Å². The smallest absolute Gasteiger partial charge is 0.317 e. The number of carbonyl (C=O) groups is 3. The molecule has 0 aliphatic rings. The van der Waals surface area contributed by atoms with Crippen molar-refractivity contribution < 1.29 is 46.8 Å². The Morgan fingerprint density at radius 2 is 1.00 bits per heavy atom. The van der Waals surface area contributed by atoms with Gasteiger partial charge in [-0.15, -0.1) is 0 Å². The molecular formula is C6H13MnN2O6+. The van der Waals surface area contributed by atoms with Gasteiger partial charge < -0.3 is 21.5 Å². The molecule has 0 saturated heterocycles. The Bertz CT molecular complexity index is 196. The Kier molecular flexibility index (Phi) is 12.2. The van der Waals surface area contributed by atoms with Gasteiger partial charge in [0, 0.05) is 17.1 Å². The van der Waals surface area contributed by atoms with Crippen LogP contribution < -0.4 is 6.15 Å². The average molecular weight is 264 g/mol. The number of hydrogen-bond acceptors (Lipinski definition) is 4. The van der Waals surface area contributed by atoms with Crippen LogP contribution in [0.1, 0.15) is 0 Å². The van der Waals surface area contributed by atoms with Gasteiger partial charge in [0.25, 0.3) is 0 Å². The molecule has 0 aliphatic carbocycles. The van der Waals surface area contributed by atoms with Crippen molar-refractivity contribution in [2.75, 3.05) is 19.6 Å². The second-order valence-corrected chi connectivity index (χ2v) is 2.33. The Labute approximate surface area is 95.9 Å². The van der Waals surface area contributed by atoms with Crippen LogP contribution in [0.3, 0.4) is 0 Å². The van der Waals surface area contributed by atoms with Gasteiger partial charge in [0.1, 0.15) is 0 Å². The fourth-order valence-electron chi connectivity index (χ4n) is 0.742. The zero-order chi connectivity index (χ0) is 10.4. The molecule has 1 radical (unpaired) electrons. The first-order valence-electron chi connectivity index (χ1n) is 3.29. The van der Waals surface area contributed by atoms with Gasteiger partial charge in [0.15, 0.2) is 0 Å². The van der Waals surface area contributed by atoms with Gasteiger partial charge in [-0.3, -0.25) is 19.3 Å². The number of carboxylic acid groups (broad SMARTS) is 3. The summed E-state index contributed by atoms with van der Waals surface area (Å²) >= 11 is 0. The predicted molar refractivity (Wildman–Crippen MR) is 45.3 cm³/mol. The maximum absolute atomic E-state index is 10.1. The summed E-state index contributed by atoms with van der Waals surface area (Å²) in [7, 11) is 0. The van der Waals surface area contributed by atoms with E-state index >= 15 is 0 Å². The van der Waals surface area contributed by atoms with E-state index in [9.17, 15) is 14.4 Å². The number of hydrogen-bond donors (Lipinski definition) is 4. The maximum atomic E-state index is 10.1. The van der Waals surface area contributed by atoms with Gasteiger partial charge in [-0.25, -0.2) is 0 Å². The molecule has 0 aliphatic heterocycles. The zero-order valence-electron chi connectivity index (χ0n) is 8.01. The first kappa shape index (κ1) is 19.4. The minimum absolute atomic E-state index is 0. The molecule has 0 atom stereocenters. The van der Waals surface area contributed by atoms with Crippen molar-refractivity contribution >= 4 is 17.9 Å². The van der Waals surface area contributed by atoms with E-state index in [2.05, 4.69) is 0 Å². The van der Waals surface area contributed by atoms with E-state index in [-0.39, 0.29) is 23.2 Å². The van der Waals surface area contributed by atoms with Crippen LogP contribution in [0.25, 0.3) is 0 Å². The Balaban J connectivity index is -0.000000720. The first-order chi connectivity index (χ1) is 5.91. The number of aliphatic carboxylic acids is 3. The van der Waals surface area contributed by atoms with Gasteiger partial charge >= 0.3 is 17.9 Å². The van der Waals surface area contributed by atoms with E-state index < -0.39 is 37.5 Å². The molecule has 0 amide bonds. The van der Waals surface area contributed by atoms with E-state index in [0.29, 0.717) is 0 Å². The summed E-state index contributed by atoms with van der Waals surface area (Å²) in [6, 6.07) is 0. The molecule has 9 heteroatoms. The number of nitrogens with zero attached hydrogens (tertiary/aromatic N) is 1. The molecule has 8 nitrogen and oxygen atoms in total. The van der Waals surface area contributed by atoms with Crippen molar-refractivity contribution in [2.45, 2.75) is 0 Å². The third-order valence-electron chi connectivity index (χ3n) is 1.08. The molecule has 89 valence electrons. The zero-order valence-corrected chi connectivity index (χ0v) is 9.19.